The molecule has 0 spiro atoms. The molecule has 0 atom stereocenters. The van der Waals surface area contributed by atoms with E-state index in [4.69, 9.17) is 8.94 Å². The molecule has 83 valence electrons. The molecule has 6 nitrogen and oxygen atoms in total. The fourth-order valence-electron chi connectivity index (χ4n) is 1.35. The molecule has 1 radical (unpaired) electrons. The first-order valence-corrected chi connectivity index (χ1v) is 4.25. The van der Waals surface area contributed by atoms with Gasteiger partial charge in [0.1, 0.15) is 6.33 Å². The molecular weight excluding hydrogens is 388 g/mol. The summed E-state index contributed by atoms with van der Waals surface area (Å²) in [5, 5.41) is 3.52. The molecule has 0 aromatic carbocycles. The molecule has 16 heavy (non-hydrogen) atoms. The molecule has 0 fully saturated rings. The number of aromatic nitrogens is 4. The Labute approximate surface area is 103 Å². The number of pyridine rings is 1. The van der Waals surface area contributed by atoms with Crippen molar-refractivity contribution in [2.45, 2.75) is 6.92 Å². The van der Waals surface area contributed by atoms with Gasteiger partial charge in [0.2, 0.25) is 0 Å². The molecule has 3 aromatic rings. The normalized spacial score (nSPS) is 10.3. The van der Waals surface area contributed by atoms with Crippen LogP contribution in [0.25, 0.3) is 22.6 Å². The quantitative estimate of drug-likeness (QED) is 0.582. The minimum Gasteiger partial charge on any atom is -0.460 e. The van der Waals surface area contributed by atoms with Gasteiger partial charge < -0.3 is 13.9 Å². The van der Waals surface area contributed by atoms with Crippen molar-refractivity contribution in [1.82, 2.24) is 20.1 Å². The fourth-order valence-corrected chi connectivity index (χ4v) is 1.35. The number of rotatable bonds is 1. The predicted octanol–water partition coefficient (Wildman–Crippen LogP) is 1.38. The van der Waals surface area contributed by atoms with Gasteiger partial charge in [0.25, 0.3) is 0 Å². The van der Waals surface area contributed by atoms with E-state index in [1.54, 1.807) is 13.1 Å². The van der Waals surface area contributed by atoms with E-state index in [1.807, 2.05) is 0 Å². The van der Waals surface area contributed by atoms with Gasteiger partial charge in [0.05, 0.1) is 5.58 Å². The van der Waals surface area contributed by atoms with Crippen LogP contribution in [0.2, 0.25) is 0 Å². The Morgan fingerprint density at radius 1 is 1.38 bits per heavy atom. The minimum absolute atomic E-state index is 0. The van der Waals surface area contributed by atoms with Crippen LogP contribution in [0.4, 0.5) is 0 Å². The first-order valence-electron chi connectivity index (χ1n) is 4.25. The summed E-state index contributed by atoms with van der Waals surface area (Å²) in [4.78, 5) is 12.0. The molecule has 0 bridgehead atoms. The molecule has 0 N–H and O–H groups in total. The van der Waals surface area contributed by atoms with Gasteiger partial charge in [-0.1, -0.05) is 5.16 Å². The van der Waals surface area contributed by atoms with E-state index in [0.717, 1.165) is 0 Å². The molecular formula is C9H5IrN4O2-. The second kappa shape index (κ2) is 4.11. The third kappa shape index (κ3) is 1.64. The van der Waals surface area contributed by atoms with E-state index in [1.165, 1.54) is 6.33 Å². The average molecular weight is 393 g/mol. The molecule has 7 heteroatoms. The summed E-state index contributed by atoms with van der Waals surface area (Å²) in [6.07, 6.45) is 5.62. The fraction of sp³-hybridized carbons (Fsp3) is 0.111. The van der Waals surface area contributed by atoms with Crippen LogP contribution < -0.4 is 0 Å². The summed E-state index contributed by atoms with van der Waals surface area (Å²) < 4.78 is 10.2. The Balaban J connectivity index is 0.000000963. The smallest absolute Gasteiger partial charge is 0.180 e. The molecule has 3 heterocycles. The van der Waals surface area contributed by atoms with Crippen molar-refractivity contribution in [3.05, 3.63) is 24.6 Å². The second-order valence-corrected chi connectivity index (χ2v) is 2.94. The van der Waals surface area contributed by atoms with Crippen LogP contribution in [-0.4, -0.2) is 20.1 Å². The van der Waals surface area contributed by atoms with Gasteiger partial charge in [-0.15, -0.1) is 0 Å². The topological polar surface area (TPSA) is 77.8 Å². The molecule has 0 saturated heterocycles. The van der Waals surface area contributed by atoms with Crippen LogP contribution in [0.3, 0.4) is 0 Å². The molecule has 0 aliphatic rings. The summed E-state index contributed by atoms with van der Waals surface area (Å²) in [6, 6.07) is 0. The molecule has 0 aliphatic heterocycles. The molecule has 3 aromatic heterocycles. The summed E-state index contributed by atoms with van der Waals surface area (Å²) in [5.41, 5.74) is 1.77. The standard InChI is InChI=1S/C9H5N4O2.Ir/c1-5-13-8-6(9-11-4-12-15-9)2-10-3-7(8)14-5;/h3-4H,1H3;/q-1;. The van der Waals surface area contributed by atoms with Crippen LogP contribution in [0, 0.1) is 13.1 Å². The molecule has 0 unspecified atom stereocenters. The van der Waals surface area contributed by atoms with Crippen molar-refractivity contribution in [1.29, 1.82) is 0 Å². The zero-order valence-corrected chi connectivity index (χ0v) is 10.5. The molecule has 0 saturated carbocycles. The largest absolute Gasteiger partial charge is 0.460 e. The Kier molecular flexibility index (Phi) is 2.80. The SMILES string of the molecule is Cc1nc2c(-c3ncno3)[c-]ncc2o1.[Ir]. The third-order valence-corrected chi connectivity index (χ3v) is 1.93. The molecule has 0 amide bonds. The van der Waals surface area contributed by atoms with E-state index in [9.17, 15) is 0 Å². The van der Waals surface area contributed by atoms with Crippen molar-refractivity contribution in [3.63, 3.8) is 0 Å². The second-order valence-electron chi connectivity index (χ2n) is 2.94. The van der Waals surface area contributed by atoms with Crippen molar-refractivity contribution in [2.24, 2.45) is 0 Å². The van der Waals surface area contributed by atoms with Gasteiger partial charge in [0.15, 0.2) is 11.8 Å². The van der Waals surface area contributed by atoms with Crippen molar-refractivity contribution < 1.29 is 29.0 Å². The van der Waals surface area contributed by atoms with Crippen molar-refractivity contribution >= 4 is 11.1 Å². The molecule has 0 aliphatic carbocycles. The van der Waals surface area contributed by atoms with E-state index < -0.39 is 0 Å². The van der Waals surface area contributed by atoms with E-state index in [0.29, 0.717) is 28.4 Å². The van der Waals surface area contributed by atoms with Gasteiger partial charge in [-0.2, -0.15) is 0 Å². The van der Waals surface area contributed by atoms with E-state index in [2.05, 4.69) is 26.3 Å². The minimum atomic E-state index is 0. The molecule has 3 rings (SSSR count). The number of hydrogen-bond acceptors (Lipinski definition) is 6. The van der Waals surface area contributed by atoms with Crippen molar-refractivity contribution in [2.75, 3.05) is 0 Å². The van der Waals surface area contributed by atoms with Gasteiger partial charge >= 0.3 is 0 Å². The van der Waals surface area contributed by atoms with Crippen molar-refractivity contribution in [3.8, 4) is 11.5 Å². The summed E-state index contributed by atoms with van der Waals surface area (Å²) in [7, 11) is 0. The number of nitrogens with zero attached hydrogens (tertiary/aromatic N) is 4. The maximum atomic E-state index is 5.32. The summed E-state index contributed by atoms with van der Waals surface area (Å²) in [6.45, 7) is 1.76. The monoisotopic (exact) mass is 394 g/mol. The first-order chi connectivity index (χ1) is 7.34. The Morgan fingerprint density at radius 3 is 3.00 bits per heavy atom. The van der Waals surface area contributed by atoms with Crippen LogP contribution in [-0.2, 0) is 20.1 Å². The Bertz CT molecular complexity index is 605. The van der Waals surface area contributed by atoms with Crippen LogP contribution >= 0.6 is 0 Å². The number of oxazole rings is 1. The van der Waals surface area contributed by atoms with Crippen LogP contribution in [0.5, 0.6) is 0 Å². The summed E-state index contributed by atoms with van der Waals surface area (Å²) in [5.74, 6) is 0.897. The third-order valence-electron chi connectivity index (χ3n) is 1.93. The maximum absolute atomic E-state index is 5.32. The Hall–Kier alpha value is -1.59. The van der Waals surface area contributed by atoms with Gasteiger partial charge in [-0.3, -0.25) is 4.98 Å². The maximum Gasteiger partial charge on any atom is 0.180 e. The van der Waals surface area contributed by atoms with E-state index >= 15 is 0 Å². The first kappa shape index (κ1) is 10.9. The van der Waals surface area contributed by atoms with Gasteiger partial charge in [-0.25, -0.2) is 4.98 Å². The summed E-state index contributed by atoms with van der Waals surface area (Å²) >= 11 is 0. The Morgan fingerprint density at radius 2 is 2.25 bits per heavy atom. The predicted molar refractivity (Wildman–Crippen MR) is 48.7 cm³/mol. The number of hydrogen-bond donors (Lipinski definition) is 0. The number of aryl methyl sites for hydroxylation is 1. The average Bonchev–Trinajstić information content (AvgIpc) is 2.82. The number of fused-ring (bicyclic) bond motifs is 1. The van der Waals surface area contributed by atoms with Gasteiger partial charge in [-0.05, 0) is 18.0 Å². The zero-order valence-electron chi connectivity index (χ0n) is 8.09. The van der Waals surface area contributed by atoms with Crippen LogP contribution in [0.15, 0.2) is 21.5 Å². The zero-order chi connectivity index (χ0) is 10.3. The van der Waals surface area contributed by atoms with Crippen LogP contribution in [0.1, 0.15) is 5.89 Å². The van der Waals surface area contributed by atoms with Gasteiger partial charge in [0, 0.05) is 32.5 Å². The van der Waals surface area contributed by atoms with E-state index in [-0.39, 0.29) is 20.1 Å².